The largest absolute Gasteiger partial charge is 0.494 e. The van der Waals surface area contributed by atoms with Crippen LogP contribution in [0.1, 0.15) is 51.2 Å². The monoisotopic (exact) mass is 627 g/mol. The van der Waals surface area contributed by atoms with Crippen LogP contribution in [0.5, 0.6) is 5.75 Å². The predicted octanol–water partition coefficient (Wildman–Crippen LogP) is 5.84. The third kappa shape index (κ3) is 10.6. The lowest BCUT2D eigenvalue weighted by atomic mass is 10.0. The van der Waals surface area contributed by atoms with Gasteiger partial charge in [-0.05, 0) is 74.2 Å². The van der Waals surface area contributed by atoms with Gasteiger partial charge in [0, 0.05) is 37.0 Å². The van der Waals surface area contributed by atoms with Gasteiger partial charge >= 0.3 is 0 Å². The molecular weight excluding hydrogens is 586 g/mol. The summed E-state index contributed by atoms with van der Waals surface area (Å²) in [5.41, 5.74) is 2.21. The van der Waals surface area contributed by atoms with Gasteiger partial charge in [0.05, 0.1) is 18.6 Å². The number of carbonyl (C=O) groups excluding carboxylic acids is 2. The molecule has 0 saturated carbocycles. The first-order valence-electron chi connectivity index (χ1n) is 14.6. The van der Waals surface area contributed by atoms with E-state index in [1.807, 2.05) is 63.2 Å². The lowest BCUT2D eigenvalue weighted by Gasteiger charge is -2.32. The van der Waals surface area contributed by atoms with Gasteiger partial charge in [0.1, 0.15) is 11.8 Å². The number of anilines is 1. The molecule has 1 N–H and O–H groups in total. The normalized spacial score (nSPS) is 12.7. The maximum Gasteiger partial charge on any atom is 0.243 e. The van der Waals surface area contributed by atoms with Crippen molar-refractivity contribution in [1.82, 2.24) is 10.2 Å². The van der Waals surface area contributed by atoms with Crippen LogP contribution in [0.15, 0.2) is 78.9 Å². The molecule has 232 valence electrons. The second-order valence-electron chi connectivity index (χ2n) is 10.5. The zero-order valence-electron chi connectivity index (χ0n) is 25.3. The fourth-order valence-electron chi connectivity index (χ4n) is 4.71. The molecule has 0 aliphatic heterocycles. The summed E-state index contributed by atoms with van der Waals surface area (Å²) in [6.45, 7) is 6.59. The number of nitrogens with zero attached hydrogens (tertiary/aromatic N) is 2. The van der Waals surface area contributed by atoms with Crippen LogP contribution in [-0.2, 0) is 32.6 Å². The highest BCUT2D eigenvalue weighted by molar-refractivity contribution is 7.92. The van der Waals surface area contributed by atoms with Gasteiger partial charge in [-0.15, -0.1) is 0 Å². The summed E-state index contributed by atoms with van der Waals surface area (Å²) in [5, 5.41) is 3.59. The number of halogens is 1. The SMILES string of the molecule is CCOc1ccc(N(CCCC(=O)N(Cc2cccc(Cl)c2)C(Cc2ccccc2)C(=O)NC(C)CC)S(C)(=O)=O)cc1. The highest BCUT2D eigenvalue weighted by Crippen LogP contribution is 2.23. The molecule has 3 aromatic rings. The molecule has 2 unspecified atom stereocenters. The maximum atomic E-state index is 13.9. The van der Waals surface area contributed by atoms with Crippen molar-refractivity contribution < 1.29 is 22.7 Å². The van der Waals surface area contributed by atoms with Gasteiger partial charge in [0.2, 0.25) is 21.8 Å². The number of sulfonamides is 1. The number of rotatable bonds is 16. The molecule has 3 rings (SSSR count). The topological polar surface area (TPSA) is 96.0 Å². The molecule has 0 fully saturated rings. The Morgan fingerprint density at radius 3 is 2.23 bits per heavy atom. The zero-order valence-corrected chi connectivity index (χ0v) is 26.9. The Hall–Kier alpha value is -3.56. The minimum Gasteiger partial charge on any atom is -0.494 e. The number of hydrogen-bond acceptors (Lipinski definition) is 5. The van der Waals surface area contributed by atoms with Gasteiger partial charge < -0.3 is 15.0 Å². The molecule has 0 aromatic heterocycles. The van der Waals surface area contributed by atoms with Crippen molar-refractivity contribution in [3.05, 3.63) is 95.0 Å². The van der Waals surface area contributed by atoms with E-state index in [9.17, 15) is 18.0 Å². The zero-order chi connectivity index (χ0) is 31.4. The second kappa shape index (κ2) is 16.3. The number of nitrogens with one attached hydrogen (secondary N) is 1. The average molecular weight is 628 g/mol. The van der Waals surface area contributed by atoms with E-state index in [-0.39, 0.29) is 43.8 Å². The number of benzene rings is 3. The lowest BCUT2D eigenvalue weighted by molar-refractivity contribution is -0.141. The molecule has 43 heavy (non-hydrogen) atoms. The van der Waals surface area contributed by atoms with Crippen LogP contribution in [0.4, 0.5) is 5.69 Å². The van der Waals surface area contributed by atoms with Crippen LogP contribution in [0.25, 0.3) is 0 Å². The van der Waals surface area contributed by atoms with E-state index in [0.717, 1.165) is 23.8 Å². The highest BCUT2D eigenvalue weighted by atomic mass is 35.5. The van der Waals surface area contributed by atoms with Crippen molar-refractivity contribution in [3.8, 4) is 5.75 Å². The Bertz CT molecular complexity index is 1430. The molecule has 0 aliphatic rings. The van der Waals surface area contributed by atoms with Gasteiger partial charge in [-0.25, -0.2) is 8.42 Å². The van der Waals surface area contributed by atoms with E-state index in [2.05, 4.69) is 5.32 Å². The van der Waals surface area contributed by atoms with Gasteiger partial charge in [-0.3, -0.25) is 13.9 Å². The molecule has 2 atom stereocenters. The molecule has 0 aliphatic carbocycles. The summed E-state index contributed by atoms with van der Waals surface area (Å²) in [5.74, 6) is 0.160. The van der Waals surface area contributed by atoms with Gasteiger partial charge in [0.15, 0.2) is 0 Å². The smallest absolute Gasteiger partial charge is 0.243 e. The number of ether oxygens (including phenoxy) is 1. The van der Waals surface area contributed by atoms with Crippen molar-refractivity contribution in [2.24, 2.45) is 0 Å². The van der Waals surface area contributed by atoms with E-state index < -0.39 is 16.1 Å². The first-order valence-corrected chi connectivity index (χ1v) is 16.8. The first-order chi connectivity index (χ1) is 20.5. The first kappa shape index (κ1) is 33.9. The fraction of sp³-hybridized carbons (Fsp3) is 0.394. The number of hydrogen-bond donors (Lipinski definition) is 1. The van der Waals surface area contributed by atoms with Crippen molar-refractivity contribution in [3.63, 3.8) is 0 Å². The van der Waals surface area contributed by atoms with Crippen LogP contribution in [0.3, 0.4) is 0 Å². The van der Waals surface area contributed by atoms with Crippen molar-refractivity contribution in [1.29, 1.82) is 0 Å². The average Bonchev–Trinajstić information content (AvgIpc) is 2.97. The van der Waals surface area contributed by atoms with E-state index in [1.165, 1.54) is 4.31 Å². The summed E-state index contributed by atoms with van der Waals surface area (Å²) in [7, 11) is -3.61. The van der Waals surface area contributed by atoms with E-state index in [1.54, 1.807) is 41.3 Å². The number of carbonyl (C=O) groups is 2. The standard InChI is InChI=1S/C33H42ClN3O5S/c1-5-25(3)35-33(39)31(23-26-12-8-7-9-13-26)36(24-27-14-10-15-28(34)22-27)32(38)16-11-21-37(43(4,40)41)29-17-19-30(20-18-29)42-6-2/h7-10,12-15,17-20,22,25,31H,5-6,11,16,21,23-24H2,1-4H3,(H,35,39). The summed E-state index contributed by atoms with van der Waals surface area (Å²) < 4.78 is 32.1. The second-order valence-corrected chi connectivity index (χ2v) is 12.9. The Labute approximate surface area is 261 Å². The van der Waals surface area contributed by atoms with Crippen LogP contribution in [0.2, 0.25) is 5.02 Å². The Morgan fingerprint density at radius 2 is 1.63 bits per heavy atom. The van der Waals surface area contributed by atoms with Crippen molar-refractivity contribution in [2.45, 2.75) is 65.1 Å². The number of amides is 2. The minimum absolute atomic E-state index is 0.0471. The molecule has 0 spiro atoms. The summed E-state index contributed by atoms with van der Waals surface area (Å²) in [6.07, 6.45) is 2.53. The van der Waals surface area contributed by atoms with Gasteiger partial charge in [0.25, 0.3) is 0 Å². The lowest BCUT2D eigenvalue weighted by Crippen LogP contribution is -2.52. The Balaban J connectivity index is 1.87. The van der Waals surface area contributed by atoms with Crippen LogP contribution in [-0.4, -0.2) is 56.6 Å². The van der Waals surface area contributed by atoms with Crippen LogP contribution >= 0.6 is 11.6 Å². The summed E-state index contributed by atoms with van der Waals surface area (Å²) in [4.78, 5) is 29.2. The molecule has 2 amide bonds. The van der Waals surface area contributed by atoms with Crippen LogP contribution in [0, 0.1) is 0 Å². The predicted molar refractivity (Wildman–Crippen MR) is 173 cm³/mol. The highest BCUT2D eigenvalue weighted by Gasteiger charge is 2.31. The quantitative estimate of drug-likeness (QED) is 0.215. The molecule has 0 saturated heterocycles. The summed E-state index contributed by atoms with van der Waals surface area (Å²) >= 11 is 6.26. The molecule has 0 bridgehead atoms. The van der Waals surface area contributed by atoms with Gasteiger partial charge in [-0.1, -0.05) is 61.0 Å². The summed E-state index contributed by atoms with van der Waals surface area (Å²) in [6, 6.07) is 22.8. The molecule has 0 heterocycles. The third-order valence-electron chi connectivity index (χ3n) is 7.10. The molecule has 3 aromatic carbocycles. The molecule has 10 heteroatoms. The van der Waals surface area contributed by atoms with Crippen LogP contribution < -0.4 is 14.4 Å². The van der Waals surface area contributed by atoms with Gasteiger partial charge in [-0.2, -0.15) is 0 Å². The maximum absolute atomic E-state index is 13.9. The van der Waals surface area contributed by atoms with E-state index in [4.69, 9.17) is 16.3 Å². The van der Waals surface area contributed by atoms with E-state index >= 15 is 0 Å². The fourth-order valence-corrected chi connectivity index (χ4v) is 5.88. The molecule has 8 nitrogen and oxygen atoms in total. The van der Waals surface area contributed by atoms with Crippen molar-refractivity contribution >= 4 is 39.1 Å². The molecule has 0 radical (unpaired) electrons. The van der Waals surface area contributed by atoms with Crippen molar-refractivity contribution in [2.75, 3.05) is 23.7 Å². The minimum atomic E-state index is -3.61. The Morgan fingerprint density at radius 1 is 0.953 bits per heavy atom. The third-order valence-corrected chi connectivity index (χ3v) is 8.53. The van der Waals surface area contributed by atoms with E-state index in [0.29, 0.717) is 29.5 Å². The molecular formula is C33H42ClN3O5S. The Kier molecular flexibility index (Phi) is 12.9.